The summed E-state index contributed by atoms with van der Waals surface area (Å²) in [4.78, 5) is 15.9. The van der Waals surface area contributed by atoms with E-state index in [-0.39, 0.29) is 18.7 Å². The molecule has 2 heterocycles. The number of amides is 1. The molecule has 4 nitrogen and oxygen atoms in total. The zero-order valence-corrected chi connectivity index (χ0v) is 14.8. The molecule has 1 atom stereocenters. The Balaban J connectivity index is 1.65. The summed E-state index contributed by atoms with van der Waals surface area (Å²) in [5.74, 6) is 0.778. The average molecular weight is 344 g/mol. The SMILES string of the molecule is Cc1cccc(OCC(=O)N(Cc2cccs2)C2CCCCN2)c1. The minimum absolute atomic E-state index is 0.0318. The molecule has 1 aliphatic heterocycles. The van der Waals surface area contributed by atoms with Gasteiger partial charge in [0.2, 0.25) is 0 Å². The summed E-state index contributed by atoms with van der Waals surface area (Å²) in [6.45, 7) is 3.71. The molecule has 1 fully saturated rings. The molecule has 2 aromatic rings. The minimum atomic E-state index is 0.0318. The fraction of sp³-hybridized carbons (Fsp3) is 0.421. The van der Waals surface area contributed by atoms with E-state index in [9.17, 15) is 4.79 Å². The molecule has 24 heavy (non-hydrogen) atoms. The van der Waals surface area contributed by atoms with Crippen LogP contribution in [0.5, 0.6) is 5.75 Å². The number of thiophene rings is 1. The van der Waals surface area contributed by atoms with E-state index in [1.165, 1.54) is 11.3 Å². The van der Waals surface area contributed by atoms with Crippen LogP contribution >= 0.6 is 11.3 Å². The number of benzene rings is 1. The molecule has 1 aliphatic rings. The van der Waals surface area contributed by atoms with Gasteiger partial charge in [-0.1, -0.05) is 18.2 Å². The Bertz CT molecular complexity index is 651. The summed E-state index contributed by atoms with van der Waals surface area (Å²) in [7, 11) is 0. The molecule has 1 unspecified atom stereocenters. The molecule has 0 aliphatic carbocycles. The standard InChI is InChI=1S/C19H24N2O2S/c1-15-6-4-7-16(12-15)23-14-19(22)21(13-17-8-5-11-24-17)18-9-2-3-10-20-18/h4-8,11-12,18,20H,2-3,9-10,13-14H2,1H3. The highest BCUT2D eigenvalue weighted by Gasteiger charge is 2.25. The summed E-state index contributed by atoms with van der Waals surface area (Å²) >= 11 is 1.69. The van der Waals surface area contributed by atoms with Crippen LogP contribution in [0.3, 0.4) is 0 Å². The summed E-state index contributed by atoms with van der Waals surface area (Å²) in [5.41, 5.74) is 1.13. The van der Waals surface area contributed by atoms with Gasteiger partial charge in [0.1, 0.15) is 5.75 Å². The van der Waals surface area contributed by atoms with Gasteiger partial charge in [0.05, 0.1) is 12.7 Å². The number of rotatable bonds is 6. The van der Waals surface area contributed by atoms with Crippen LogP contribution in [-0.4, -0.2) is 30.1 Å². The molecule has 0 saturated carbocycles. The van der Waals surface area contributed by atoms with Gasteiger partial charge in [0.25, 0.3) is 5.91 Å². The maximum atomic E-state index is 12.8. The number of piperidine rings is 1. The highest BCUT2D eigenvalue weighted by Crippen LogP contribution is 2.19. The first-order chi connectivity index (χ1) is 11.7. The van der Waals surface area contributed by atoms with Crippen LogP contribution in [0.4, 0.5) is 0 Å². The summed E-state index contributed by atoms with van der Waals surface area (Å²) in [6, 6.07) is 11.9. The molecular weight excluding hydrogens is 320 g/mol. The van der Waals surface area contributed by atoms with Crippen molar-refractivity contribution in [3.05, 3.63) is 52.2 Å². The van der Waals surface area contributed by atoms with Crippen molar-refractivity contribution in [2.45, 2.75) is 38.9 Å². The average Bonchev–Trinajstić information content (AvgIpc) is 3.12. The molecule has 1 aromatic heterocycles. The van der Waals surface area contributed by atoms with Crippen LogP contribution < -0.4 is 10.1 Å². The van der Waals surface area contributed by atoms with Gasteiger partial charge in [-0.15, -0.1) is 11.3 Å². The van der Waals surface area contributed by atoms with Gasteiger partial charge in [0, 0.05) is 4.88 Å². The van der Waals surface area contributed by atoms with Gasteiger partial charge in [-0.2, -0.15) is 0 Å². The fourth-order valence-corrected chi connectivity index (χ4v) is 3.68. The summed E-state index contributed by atoms with van der Waals surface area (Å²) in [6.07, 6.45) is 3.44. The van der Waals surface area contributed by atoms with E-state index >= 15 is 0 Å². The number of carbonyl (C=O) groups is 1. The normalized spacial score (nSPS) is 17.5. The van der Waals surface area contributed by atoms with Gasteiger partial charge in [-0.25, -0.2) is 0 Å². The number of nitrogens with zero attached hydrogens (tertiary/aromatic N) is 1. The van der Waals surface area contributed by atoms with Gasteiger partial charge in [-0.3, -0.25) is 10.1 Å². The van der Waals surface area contributed by atoms with E-state index in [0.717, 1.165) is 30.7 Å². The van der Waals surface area contributed by atoms with Crippen LogP contribution in [0.2, 0.25) is 0 Å². The Kier molecular flexibility index (Phi) is 5.88. The number of hydrogen-bond donors (Lipinski definition) is 1. The quantitative estimate of drug-likeness (QED) is 0.871. The van der Waals surface area contributed by atoms with Gasteiger partial charge in [0.15, 0.2) is 6.61 Å². The zero-order valence-electron chi connectivity index (χ0n) is 14.0. The van der Waals surface area contributed by atoms with Crippen LogP contribution in [0.1, 0.15) is 29.7 Å². The first-order valence-corrected chi connectivity index (χ1v) is 9.35. The first-order valence-electron chi connectivity index (χ1n) is 8.47. The van der Waals surface area contributed by atoms with Crippen molar-refractivity contribution >= 4 is 17.2 Å². The third-order valence-electron chi connectivity index (χ3n) is 4.24. The van der Waals surface area contributed by atoms with Gasteiger partial charge >= 0.3 is 0 Å². The number of hydrogen-bond acceptors (Lipinski definition) is 4. The number of nitrogens with one attached hydrogen (secondary N) is 1. The third kappa shape index (κ3) is 4.58. The first kappa shape index (κ1) is 17.0. The molecule has 128 valence electrons. The summed E-state index contributed by atoms with van der Waals surface area (Å²) in [5, 5.41) is 5.53. The van der Waals surface area contributed by atoms with Crippen molar-refractivity contribution in [2.75, 3.05) is 13.2 Å². The number of aryl methyl sites for hydroxylation is 1. The van der Waals surface area contributed by atoms with E-state index in [4.69, 9.17) is 4.74 Å². The van der Waals surface area contributed by atoms with Crippen LogP contribution in [0, 0.1) is 6.92 Å². The topological polar surface area (TPSA) is 41.6 Å². The maximum Gasteiger partial charge on any atom is 0.262 e. The smallest absolute Gasteiger partial charge is 0.262 e. The predicted octanol–water partition coefficient (Wildman–Crippen LogP) is 3.56. The Morgan fingerprint density at radius 1 is 1.33 bits per heavy atom. The monoisotopic (exact) mass is 344 g/mol. The Hall–Kier alpha value is -1.85. The van der Waals surface area contributed by atoms with Crippen LogP contribution in [0.15, 0.2) is 41.8 Å². The van der Waals surface area contributed by atoms with Crippen molar-refractivity contribution in [3.8, 4) is 5.75 Å². The highest BCUT2D eigenvalue weighted by atomic mass is 32.1. The summed E-state index contributed by atoms with van der Waals surface area (Å²) < 4.78 is 5.72. The van der Waals surface area contributed by atoms with Crippen molar-refractivity contribution in [2.24, 2.45) is 0 Å². The number of carbonyl (C=O) groups excluding carboxylic acids is 1. The number of ether oxygens (including phenoxy) is 1. The van der Waals surface area contributed by atoms with E-state index in [1.807, 2.05) is 42.2 Å². The Morgan fingerprint density at radius 2 is 2.25 bits per heavy atom. The van der Waals surface area contributed by atoms with Gasteiger partial charge in [-0.05, 0) is 61.9 Å². The maximum absolute atomic E-state index is 12.8. The zero-order chi connectivity index (χ0) is 16.8. The molecular formula is C19H24N2O2S. The van der Waals surface area contributed by atoms with Crippen molar-refractivity contribution in [3.63, 3.8) is 0 Å². The largest absolute Gasteiger partial charge is 0.484 e. The molecule has 1 aromatic carbocycles. The lowest BCUT2D eigenvalue weighted by atomic mass is 10.1. The Labute approximate surface area is 147 Å². The van der Waals surface area contributed by atoms with E-state index in [1.54, 1.807) is 11.3 Å². The van der Waals surface area contributed by atoms with Crippen LogP contribution in [-0.2, 0) is 11.3 Å². The minimum Gasteiger partial charge on any atom is -0.484 e. The predicted molar refractivity (Wildman–Crippen MR) is 97.2 cm³/mol. The molecule has 1 amide bonds. The lowest BCUT2D eigenvalue weighted by Gasteiger charge is -2.35. The molecule has 0 radical (unpaired) electrons. The second kappa shape index (κ2) is 8.31. The van der Waals surface area contributed by atoms with E-state index in [0.29, 0.717) is 6.54 Å². The van der Waals surface area contributed by atoms with E-state index < -0.39 is 0 Å². The molecule has 5 heteroatoms. The second-order valence-corrected chi connectivity index (χ2v) is 7.20. The molecule has 0 bridgehead atoms. The van der Waals surface area contributed by atoms with Gasteiger partial charge < -0.3 is 9.64 Å². The van der Waals surface area contributed by atoms with Crippen LogP contribution in [0.25, 0.3) is 0 Å². The lowest BCUT2D eigenvalue weighted by Crippen LogP contribution is -2.51. The van der Waals surface area contributed by atoms with E-state index in [2.05, 4.69) is 16.8 Å². The lowest BCUT2D eigenvalue weighted by molar-refractivity contribution is -0.137. The highest BCUT2D eigenvalue weighted by molar-refractivity contribution is 7.09. The molecule has 0 spiro atoms. The fourth-order valence-electron chi connectivity index (χ4n) is 2.98. The van der Waals surface area contributed by atoms with Crippen molar-refractivity contribution < 1.29 is 9.53 Å². The molecule has 1 saturated heterocycles. The van der Waals surface area contributed by atoms with Crippen molar-refractivity contribution in [1.29, 1.82) is 0 Å². The second-order valence-electron chi connectivity index (χ2n) is 6.17. The molecule has 3 rings (SSSR count). The Morgan fingerprint density at radius 3 is 2.96 bits per heavy atom. The van der Waals surface area contributed by atoms with Crippen molar-refractivity contribution in [1.82, 2.24) is 10.2 Å². The molecule has 1 N–H and O–H groups in total. The third-order valence-corrected chi connectivity index (χ3v) is 5.10.